The summed E-state index contributed by atoms with van der Waals surface area (Å²) in [4.78, 5) is 4.71. The summed E-state index contributed by atoms with van der Waals surface area (Å²) in [6, 6.07) is 3.91. The molecule has 2 N–H and O–H groups in total. The molecule has 1 fully saturated rings. The normalized spacial score (nSPS) is 21.3. The van der Waals surface area contributed by atoms with Crippen molar-refractivity contribution in [2.75, 3.05) is 26.2 Å². The van der Waals surface area contributed by atoms with Gasteiger partial charge in [-0.15, -0.1) is 24.0 Å². The summed E-state index contributed by atoms with van der Waals surface area (Å²) in [5.74, 6) is 2.43. The van der Waals surface area contributed by atoms with Gasteiger partial charge in [0.15, 0.2) is 5.96 Å². The molecule has 1 aliphatic heterocycles. The van der Waals surface area contributed by atoms with Crippen molar-refractivity contribution < 1.29 is 9.15 Å². The molecule has 0 radical (unpaired) electrons. The first-order valence-electron chi connectivity index (χ1n) is 8.26. The maximum Gasteiger partial charge on any atom is 0.191 e. The molecule has 1 atom stereocenters. The summed E-state index contributed by atoms with van der Waals surface area (Å²) >= 11 is 0. The fraction of sp³-hybridized carbons (Fsp3) is 0.706. The third kappa shape index (κ3) is 7.56. The lowest BCUT2D eigenvalue weighted by Gasteiger charge is -2.22. The van der Waals surface area contributed by atoms with E-state index in [9.17, 15) is 0 Å². The average molecular weight is 435 g/mol. The Morgan fingerprint density at radius 3 is 2.83 bits per heavy atom. The number of halogens is 1. The standard InChI is InChI=1S/C17H29N3O2.HI/c1-14(2)12-19-16(18-9-7-15-6-4-10-21-15)20-13-17(3)8-5-11-22-17;/h4,6,10,14H,5,7-9,11-13H2,1-3H3,(H2,18,19,20);1H. The fourth-order valence-corrected chi connectivity index (χ4v) is 2.44. The molecule has 0 aliphatic carbocycles. The Balaban J connectivity index is 0.00000264. The highest BCUT2D eigenvalue weighted by Gasteiger charge is 2.29. The second-order valence-corrected chi connectivity index (χ2v) is 6.60. The molecule has 2 rings (SSSR count). The van der Waals surface area contributed by atoms with Crippen LogP contribution in [0.1, 0.15) is 39.4 Å². The minimum atomic E-state index is -0.104. The minimum absolute atomic E-state index is 0. The van der Waals surface area contributed by atoms with E-state index in [2.05, 4.69) is 31.4 Å². The number of ether oxygens (including phenoxy) is 1. The van der Waals surface area contributed by atoms with E-state index in [1.54, 1.807) is 6.26 Å². The number of rotatable bonds is 7. The monoisotopic (exact) mass is 435 g/mol. The van der Waals surface area contributed by atoms with Crippen LogP contribution in [0.25, 0.3) is 0 Å². The Hall–Kier alpha value is -0.760. The largest absolute Gasteiger partial charge is 0.469 e. The predicted octanol–water partition coefficient (Wildman–Crippen LogP) is 3.20. The molecule has 2 heterocycles. The maximum absolute atomic E-state index is 5.80. The number of nitrogens with one attached hydrogen (secondary N) is 2. The van der Waals surface area contributed by atoms with Gasteiger partial charge in [-0.3, -0.25) is 4.99 Å². The van der Waals surface area contributed by atoms with Crippen LogP contribution in [0.3, 0.4) is 0 Å². The molecule has 1 aliphatic rings. The second kappa shape index (κ2) is 10.2. The van der Waals surface area contributed by atoms with Gasteiger partial charge in [0.05, 0.1) is 18.4 Å². The number of furan rings is 1. The van der Waals surface area contributed by atoms with Crippen LogP contribution in [0, 0.1) is 5.92 Å². The smallest absolute Gasteiger partial charge is 0.191 e. The van der Waals surface area contributed by atoms with Crippen LogP contribution in [0.4, 0.5) is 0 Å². The Morgan fingerprint density at radius 1 is 1.39 bits per heavy atom. The maximum atomic E-state index is 5.80. The lowest BCUT2D eigenvalue weighted by Crippen LogP contribution is -2.41. The van der Waals surface area contributed by atoms with E-state index < -0.39 is 0 Å². The van der Waals surface area contributed by atoms with Crippen molar-refractivity contribution >= 4 is 29.9 Å². The number of aliphatic imine (C=N–C) groups is 1. The summed E-state index contributed by atoms with van der Waals surface area (Å²) < 4.78 is 11.2. The predicted molar refractivity (Wildman–Crippen MR) is 105 cm³/mol. The second-order valence-electron chi connectivity index (χ2n) is 6.60. The minimum Gasteiger partial charge on any atom is -0.469 e. The zero-order valence-electron chi connectivity index (χ0n) is 14.4. The van der Waals surface area contributed by atoms with E-state index >= 15 is 0 Å². The van der Waals surface area contributed by atoms with E-state index in [0.29, 0.717) is 12.5 Å². The number of guanidine groups is 1. The lowest BCUT2D eigenvalue weighted by molar-refractivity contribution is 0.0283. The molecular formula is C17H30IN3O2. The van der Waals surface area contributed by atoms with Gasteiger partial charge in [0.25, 0.3) is 0 Å². The van der Waals surface area contributed by atoms with Crippen LogP contribution in [0.5, 0.6) is 0 Å². The highest BCUT2D eigenvalue weighted by Crippen LogP contribution is 2.24. The molecule has 1 saturated heterocycles. The molecule has 6 heteroatoms. The summed E-state index contributed by atoms with van der Waals surface area (Å²) in [6.45, 7) is 9.78. The Kier molecular flexibility index (Phi) is 8.98. The average Bonchev–Trinajstić information content (AvgIpc) is 3.13. The molecule has 0 saturated carbocycles. The highest BCUT2D eigenvalue weighted by molar-refractivity contribution is 14.0. The molecule has 0 spiro atoms. The molecular weight excluding hydrogens is 405 g/mol. The van der Waals surface area contributed by atoms with Gasteiger partial charge < -0.3 is 19.8 Å². The quantitative estimate of drug-likeness (QED) is 0.393. The SMILES string of the molecule is CC(C)CNC(=NCC1(C)CCCO1)NCCc1ccco1.I. The first kappa shape index (κ1) is 20.3. The van der Waals surface area contributed by atoms with Crippen LogP contribution < -0.4 is 10.6 Å². The molecule has 132 valence electrons. The van der Waals surface area contributed by atoms with Gasteiger partial charge in [-0.05, 0) is 37.8 Å². The molecule has 23 heavy (non-hydrogen) atoms. The topological polar surface area (TPSA) is 58.8 Å². The van der Waals surface area contributed by atoms with E-state index in [-0.39, 0.29) is 29.6 Å². The summed E-state index contributed by atoms with van der Waals surface area (Å²) in [5.41, 5.74) is -0.104. The van der Waals surface area contributed by atoms with Gasteiger partial charge in [-0.25, -0.2) is 0 Å². The van der Waals surface area contributed by atoms with Gasteiger partial charge in [-0.1, -0.05) is 13.8 Å². The number of hydrogen-bond acceptors (Lipinski definition) is 3. The zero-order chi connectivity index (χ0) is 15.8. The van der Waals surface area contributed by atoms with E-state index in [0.717, 1.165) is 50.7 Å². The summed E-state index contributed by atoms with van der Waals surface area (Å²) in [6.07, 6.45) is 4.77. The van der Waals surface area contributed by atoms with E-state index in [1.165, 1.54) is 0 Å². The van der Waals surface area contributed by atoms with E-state index in [4.69, 9.17) is 14.1 Å². The van der Waals surface area contributed by atoms with Crippen molar-refractivity contribution in [2.45, 2.75) is 45.6 Å². The van der Waals surface area contributed by atoms with Crippen molar-refractivity contribution in [3.8, 4) is 0 Å². The van der Waals surface area contributed by atoms with Crippen LogP contribution in [-0.4, -0.2) is 37.8 Å². The molecule has 0 bridgehead atoms. The molecule has 1 aromatic rings. The van der Waals surface area contributed by atoms with Crippen LogP contribution in [0.15, 0.2) is 27.8 Å². The third-order valence-electron chi connectivity index (χ3n) is 3.79. The number of hydrogen-bond donors (Lipinski definition) is 2. The molecule has 5 nitrogen and oxygen atoms in total. The van der Waals surface area contributed by atoms with Crippen molar-refractivity contribution in [3.63, 3.8) is 0 Å². The van der Waals surface area contributed by atoms with E-state index in [1.807, 2.05) is 12.1 Å². The lowest BCUT2D eigenvalue weighted by atomic mass is 10.0. The third-order valence-corrected chi connectivity index (χ3v) is 3.79. The van der Waals surface area contributed by atoms with Crippen molar-refractivity contribution in [3.05, 3.63) is 24.2 Å². The van der Waals surface area contributed by atoms with Gasteiger partial charge in [0.2, 0.25) is 0 Å². The van der Waals surface area contributed by atoms with Crippen molar-refractivity contribution in [1.82, 2.24) is 10.6 Å². The van der Waals surface area contributed by atoms with Crippen LogP contribution >= 0.6 is 24.0 Å². The summed E-state index contributed by atoms with van der Waals surface area (Å²) in [5, 5.41) is 6.77. The zero-order valence-corrected chi connectivity index (χ0v) is 16.8. The van der Waals surface area contributed by atoms with Gasteiger partial charge >= 0.3 is 0 Å². The molecule has 0 amide bonds. The number of nitrogens with zero attached hydrogens (tertiary/aromatic N) is 1. The van der Waals surface area contributed by atoms with Crippen LogP contribution in [-0.2, 0) is 11.2 Å². The van der Waals surface area contributed by atoms with Gasteiger partial charge in [-0.2, -0.15) is 0 Å². The van der Waals surface area contributed by atoms with Gasteiger partial charge in [0.1, 0.15) is 5.76 Å². The highest BCUT2D eigenvalue weighted by atomic mass is 127. The Bertz CT molecular complexity index is 454. The van der Waals surface area contributed by atoms with Gasteiger partial charge in [0, 0.05) is 26.1 Å². The van der Waals surface area contributed by atoms with Crippen LogP contribution in [0.2, 0.25) is 0 Å². The Morgan fingerprint density at radius 2 is 2.22 bits per heavy atom. The Labute approximate surface area is 156 Å². The first-order chi connectivity index (χ1) is 10.6. The molecule has 0 aromatic carbocycles. The first-order valence-corrected chi connectivity index (χ1v) is 8.26. The summed E-state index contributed by atoms with van der Waals surface area (Å²) in [7, 11) is 0. The fourth-order valence-electron chi connectivity index (χ4n) is 2.44. The molecule has 1 unspecified atom stereocenters. The van der Waals surface area contributed by atoms with Crippen molar-refractivity contribution in [1.29, 1.82) is 0 Å². The van der Waals surface area contributed by atoms with Crippen molar-refractivity contribution in [2.24, 2.45) is 10.9 Å². The molecule has 1 aromatic heterocycles.